The zero-order chi connectivity index (χ0) is 23.6. The van der Waals surface area contributed by atoms with Gasteiger partial charge in [0.2, 0.25) is 0 Å². The first-order valence-electron chi connectivity index (χ1n) is 10.0. The van der Waals surface area contributed by atoms with Crippen LogP contribution in [0.25, 0.3) is 0 Å². The highest BCUT2D eigenvalue weighted by atomic mass is 16.4. The lowest BCUT2D eigenvalue weighted by molar-refractivity contribution is -0.868. The van der Waals surface area contributed by atoms with Crippen LogP contribution in [0.3, 0.4) is 0 Å². The molecule has 1 aliphatic rings. The fraction of sp³-hybridized carbons (Fsp3) is 0.778. The Balaban J connectivity index is 3.18. The van der Waals surface area contributed by atoms with Gasteiger partial charge in [-0.1, -0.05) is 0 Å². The van der Waals surface area contributed by atoms with E-state index in [9.17, 15) is 34.5 Å². The van der Waals surface area contributed by atoms with Gasteiger partial charge in [0.25, 0.3) is 6.09 Å². The van der Waals surface area contributed by atoms with E-state index in [1.807, 2.05) is 0 Å². The Morgan fingerprint density at radius 1 is 0.806 bits per heavy atom. The van der Waals surface area contributed by atoms with Crippen molar-refractivity contribution in [2.24, 2.45) is 0 Å². The summed E-state index contributed by atoms with van der Waals surface area (Å²) in [5.74, 6) is -3.49. The SMILES string of the molecule is CC(O)CN1CCN(CC(=O)O)CCN(CC(=O)O)CC[N+](CC(=O)O)(C(=O)[O-])CC1. The van der Waals surface area contributed by atoms with E-state index in [0.717, 1.165) is 0 Å². The molecule has 0 bridgehead atoms. The smallest absolute Gasteiger partial charge is 0.359 e. The van der Waals surface area contributed by atoms with E-state index < -0.39 is 47.7 Å². The van der Waals surface area contributed by atoms with Gasteiger partial charge in [-0.3, -0.25) is 28.8 Å². The topological polar surface area (TPSA) is 182 Å². The Kier molecular flexibility index (Phi) is 10.8. The van der Waals surface area contributed by atoms with Crippen molar-refractivity contribution in [3.63, 3.8) is 0 Å². The summed E-state index contributed by atoms with van der Waals surface area (Å²) in [6.07, 6.45) is -2.30. The molecule has 1 saturated heterocycles. The van der Waals surface area contributed by atoms with E-state index in [1.54, 1.807) is 16.7 Å². The van der Waals surface area contributed by atoms with Crippen LogP contribution in [-0.2, 0) is 14.4 Å². The molecule has 0 spiro atoms. The third-order valence-electron chi connectivity index (χ3n) is 5.22. The number of aliphatic hydroxyl groups excluding tert-OH is 1. The van der Waals surface area contributed by atoms with Crippen LogP contribution < -0.4 is 5.11 Å². The van der Waals surface area contributed by atoms with Gasteiger partial charge >= 0.3 is 17.9 Å². The van der Waals surface area contributed by atoms with Crippen LogP contribution in [0.4, 0.5) is 4.79 Å². The van der Waals surface area contributed by atoms with E-state index in [0.29, 0.717) is 13.1 Å². The average molecular weight is 448 g/mol. The van der Waals surface area contributed by atoms with Crippen molar-refractivity contribution in [2.75, 3.05) is 78.5 Å². The summed E-state index contributed by atoms with van der Waals surface area (Å²) in [6.45, 7) is 1.19. The molecular weight excluding hydrogens is 416 g/mol. The van der Waals surface area contributed by atoms with Crippen LogP contribution in [-0.4, -0.2) is 148 Å². The summed E-state index contributed by atoms with van der Waals surface area (Å²) in [4.78, 5) is 50.6. The number of carboxylic acids is 3. The minimum Gasteiger partial charge on any atom is -0.498 e. The first-order valence-corrected chi connectivity index (χ1v) is 10.0. The maximum Gasteiger partial charge on any atom is 0.359 e. The predicted molar refractivity (Wildman–Crippen MR) is 104 cm³/mol. The van der Waals surface area contributed by atoms with Crippen LogP contribution in [0, 0.1) is 0 Å². The molecule has 0 saturated carbocycles. The molecule has 4 N–H and O–H groups in total. The van der Waals surface area contributed by atoms with E-state index >= 15 is 0 Å². The zero-order valence-corrected chi connectivity index (χ0v) is 17.7. The molecule has 0 aliphatic carbocycles. The fourth-order valence-corrected chi connectivity index (χ4v) is 3.60. The second-order valence-corrected chi connectivity index (χ2v) is 7.90. The molecule has 31 heavy (non-hydrogen) atoms. The van der Waals surface area contributed by atoms with Gasteiger partial charge in [-0.25, -0.2) is 4.79 Å². The number of aliphatic carboxylic acids is 3. The van der Waals surface area contributed by atoms with Crippen molar-refractivity contribution in [3.05, 3.63) is 0 Å². The Morgan fingerprint density at radius 3 is 1.61 bits per heavy atom. The maximum absolute atomic E-state index is 12.0. The molecule has 1 fully saturated rings. The van der Waals surface area contributed by atoms with Crippen LogP contribution in [0.2, 0.25) is 0 Å². The standard InChI is InChI=1S/C18H32N4O9/c1-14(23)10-20-4-2-19(11-15(24)25)3-5-21(12-16(26)27)7-9-22(8-6-20,18(30)31)13-17(28)29/h14,23H,2-13H2,1H3,(H3-,24,25,26,27,28,29,30,31). The maximum atomic E-state index is 12.0. The van der Waals surface area contributed by atoms with E-state index in [1.165, 1.54) is 4.90 Å². The van der Waals surface area contributed by atoms with E-state index in [2.05, 4.69) is 0 Å². The lowest BCUT2D eigenvalue weighted by atomic mass is 10.2. The summed E-state index contributed by atoms with van der Waals surface area (Å²) in [5, 5.41) is 49.3. The zero-order valence-electron chi connectivity index (χ0n) is 17.7. The predicted octanol–water partition coefficient (Wildman–Crippen LogP) is -3.30. The van der Waals surface area contributed by atoms with Gasteiger partial charge < -0.3 is 30.3 Å². The molecule has 0 aromatic heterocycles. The van der Waals surface area contributed by atoms with Crippen molar-refractivity contribution in [1.82, 2.24) is 14.7 Å². The Bertz CT molecular complexity index is 646. The van der Waals surface area contributed by atoms with E-state index in [-0.39, 0.29) is 52.4 Å². The first-order chi connectivity index (χ1) is 14.4. The van der Waals surface area contributed by atoms with Crippen LogP contribution in [0.5, 0.6) is 0 Å². The molecule has 2 unspecified atom stereocenters. The molecule has 1 amide bonds. The number of carboxylic acid groups (broad SMARTS) is 4. The number of hydrogen-bond donors (Lipinski definition) is 4. The van der Waals surface area contributed by atoms with Gasteiger partial charge in [-0.15, -0.1) is 0 Å². The van der Waals surface area contributed by atoms with Crippen molar-refractivity contribution in [1.29, 1.82) is 0 Å². The van der Waals surface area contributed by atoms with Crippen molar-refractivity contribution < 1.29 is 49.2 Å². The highest BCUT2D eigenvalue weighted by Crippen LogP contribution is 2.10. The Labute approximate surface area is 180 Å². The number of β-amino-alcohol motifs (C(OH)–C–C–N with tert-alkyl or cyclic N) is 1. The molecule has 0 aromatic rings. The van der Waals surface area contributed by atoms with Crippen LogP contribution in [0.1, 0.15) is 6.92 Å². The van der Waals surface area contributed by atoms with Gasteiger partial charge in [0.15, 0.2) is 6.54 Å². The minimum atomic E-state index is -1.57. The van der Waals surface area contributed by atoms with Crippen molar-refractivity contribution in [3.8, 4) is 0 Å². The second kappa shape index (κ2) is 12.5. The molecule has 1 heterocycles. The van der Waals surface area contributed by atoms with Crippen molar-refractivity contribution >= 4 is 24.0 Å². The molecule has 1 rings (SSSR count). The third-order valence-corrected chi connectivity index (χ3v) is 5.22. The lowest BCUT2D eigenvalue weighted by Crippen LogP contribution is -2.65. The number of hydrogen-bond acceptors (Lipinski definition) is 9. The monoisotopic (exact) mass is 448 g/mol. The first kappa shape index (κ1) is 26.7. The summed E-state index contributed by atoms with van der Waals surface area (Å²) < 4.78 is -0.888. The quantitative estimate of drug-likeness (QED) is 0.272. The molecular formula is C18H32N4O9. The van der Waals surface area contributed by atoms with Gasteiger partial charge in [-0.05, 0) is 6.92 Å². The van der Waals surface area contributed by atoms with Gasteiger partial charge in [0, 0.05) is 45.8 Å². The third kappa shape index (κ3) is 10.0. The lowest BCUT2D eigenvalue weighted by Gasteiger charge is -2.40. The van der Waals surface area contributed by atoms with Crippen LogP contribution >= 0.6 is 0 Å². The molecule has 178 valence electrons. The Morgan fingerprint density at radius 2 is 1.23 bits per heavy atom. The number of rotatable bonds is 8. The molecule has 1 aliphatic heterocycles. The summed E-state index contributed by atoms with van der Waals surface area (Å²) in [5.41, 5.74) is 0. The molecule has 0 aromatic carbocycles. The second-order valence-electron chi connectivity index (χ2n) is 7.90. The Hall–Kier alpha value is -2.32. The highest BCUT2D eigenvalue weighted by Gasteiger charge is 2.35. The van der Waals surface area contributed by atoms with Gasteiger partial charge in [0.05, 0.1) is 32.3 Å². The summed E-state index contributed by atoms with van der Waals surface area (Å²) in [6, 6.07) is 0. The summed E-state index contributed by atoms with van der Waals surface area (Å²) >= 11 is 0. The van der Waals surface area contributed by atoms with E-state index in [4.69, 9.17) is 10.2 Å². The molecule has 13 nitrogen and oxygen atoms in total. The number of amides is 1. The largest absolute Gasteiger partial charge is 0.498 e. The van der Waals surface area contributed by atoms with Gasteiger partial charge in [-0.2, -0.15) is 0 Å². The van der Waals surface area contributed by atoms with Gasteiger partial charge in [0.1, 0.15) is 0 Å². The average Bonchev–Trinajstić information content (AvgIpc) is 2.62. The molecule has 0 radical (unpaired) electrons. The van der Waals surface area contributed by atoms with Crippen molar-refractivity contribution in [2.45, 2.75) is 13.0 Å². The number of nitrogens with zero attached hydrogens (tertiary/aromatic N) is 4. The number of aliphatic hydroxyl groups is 1. The normalized spacial score (nSPS) is 23.9. The van der Waals surface area contributed by atoms with Crippen LogP contribution in [0.15, 0.2) is 0 Å². The molecule has 13 heteroatoms. The molecule has 2 atom stereocenters. The number of carbonyl (C=O) groups is 4. The number of quaternary nitrogens is 1. The fourth-order valence-electron chi connectivity index (χ4n) is 3.60. The summed E-state index contributed by atoms with van der Waals surface area (Å²) in [7, 11) is 0. The minimum absolute atomic E-state index is 0.0229. The highest BCUT2D eigenvalue weighted by molar-refractivity contribution is 5.71. The number of carbonyl (C=O) groups excluding carboxylic acids is 1.